The third-order valence-corrected chi connectivity index (χ3v) is 4.85. The number of benzene rings is 2. The zero-order valence-corrected chi connectivity index (χ0v) is 12.0. The molecule has 0 aromatic heterocycles. The van der Waals surface area contributed by atoms with Gasteiger partial charge in [0.05, 0.1) is 0 Å². The first kappa shape index (κ1) is 12.8. The highest BCUT2D eigenvalue weighted by Gasteiger charge is 2.46. The van der Waals surface area contributed by atoms with Crippen molar-refractivity contribution in [1.29, 1.82) is 0 Å². The molecule has 108 valence electrons. The van der Waals surface area contributed by atoms with Crippen LogP contribution in [0.2, 0.25) is 0 Å². The molecule has 1 heterocycles. The molecule has 1 saturated carbocycles. The first-order valence-electron chi connectivity index (χ1n) is 7.75. The van der Waals surface area contributed by atoms with E-state index >= 15 is 0 Å². The van der Waals surface area contributed by atoms with Crippen LogP contribution in [-0.4, -0.2) is 29.9 Å². The fourth-order valence-electron chi connectivity index (χ4n) is 3.50. The second kappa shape index (κ2) is 4.85. The minimum absolute atomic E-state index is 0.173. The highest BCUT2D eigenvalue weighted by molar-refractivity contribution is 5.86. The topological polar surface area (TPSA) is 46.3 Å². The summed E-state index contributed by atoms with van der Waals surface area (Å²) in [6.45, 7) is 1.57. The SMILES string of the molecule is N[C@@H]1CCN(C(=O)C2CC2c2ccc3ccccc3c2)C1. The van der Waals surface area contributed by atoms with Crippen molar-refractivity contribution in [2.24, 2.45) is 11.7 Å². The first-order valence-corrected chi connectivity index (χ1v) is 7.75. The Morgan fingerprint density at radius 3 is 2.71 bits per heavy atom. The van der Waals surface area contributed by atoms with E-state index in [-0.39, 0.29) is 12.0 Å². The predicted octanol–water partition coefficient (Wildman–Crippen LogP) is 2.50. The molecule has 3 nitrogen and oxygen atoms in total. The molecule has 3 heteroatoms. The van der Waals surface area contributed by atoms with Gasteiger partial charge < -0.3 is 10.6 Å². The number of nitrogens with two attached hydrogens (primary N) is 1. The molecular formula is C18H20N2O. The Morgan fingerprint density at radius 2 is 1.95 bits per heavy atom. The van der Waals surface area contributed by atoms with E-state index in [1.807, 2.05) is 4.90 Å². The Kier molecular flexibility index (Phi) is 2.96. The molecule has 21 heavy (non-hydrogen) atoms. The van der Waals surface area contributed by atoms with Gasteiger partial charge in [0.25, 0.3) is 0 Å². The second-order valence-electron chi connectivity index (χ2n) is 6.39. The number of rotatable bonds is 2. The lowest BCUT2D eigenvalue weighted by Crippen LogP contribution is -2.33. The summed E-state index contributed by atoms with van der Waals surface area (Å²) in [6, 6.07) is 15.1. The van der Waals surface area contributed by atoms with Crippen molar-refractivity contribution in [2.45, 2.75) is 24.8 Å². The fourth-order valence-corrected chi connectivity index (χ4v) is 3.50. The number of carbonyl (C=O) groups excluding carboxylic acids is 1. The number of likely N-dealkylation sites (tertiary alicyclic amines) is 1. The van der Waals surface area contributed by atoms with Gasteiger partial charge in [-0.2, -0.15) is 0 Å². The molecule has 2 aromatic carbocycles. The molecule has 0 spiro atoms. The van der Waals surface area contributed by atoms with Crippen LogP contribution in [0, 0.1) is 5.92 Å². The second-order valence-corrected chi connectivity index (χ2v) is 6.39. The Labute approximate surface area is 124 Å². The van der Waals surface area contributed by atoms with Crippen LogP contribution in [0.3, 0.4) is 0 Å². The van der Waals surface area contributed by atoms with E-state index in [0.717, 1.165) is 25.9 Å². The number of carbonyl (C=O) groups is 1. The smallest absolute Gasteiger partial charge is 0.226 e. The van der Waals surface area contributed by atoms with Gasteiger partial charge in [-0.25, -0.2) is 0 Å². The summed E-state index contributed by atoms with van der Waals surface area (Å²) in [5.74, 6) is 0.886. The van der Waals surface area contributed by atoms with Crippen LogP contribution in [0.15, 0.2) is 42.5 Å². The maximum absolute atomic E-state index is 12.5. The van der Waals surface area contributed by atoms with Crippen molar-refractivity contribution in [3.05, 3.63) is 48.0 Å². The molecule has 1 aliphatic carbocycles. The van der Waals surface area contributed by atoms with Crippen molar-refractivity contribution in [1.82, 2.24) is 4.90 Å². The third kappa shape index (κ3) is 2.32. The van der Waals surface area contributed by atoms with Gasteiger partial charge in [-0.05, 0) is 35.1 Å². The molecule has 2 unspecified atom stereocenters. The van der Waals surface area contributed by atoms with Gasteiger partial charge >= 0.3 is 0 Å². The number of fused-ring (bicyclic) bond motifs is 1. The van der Waals surface area contributed by atoms with E-state index in [2.05, 4.69) is 42.5 Å². The van der Waals surface area contributed by atoms with Gasteiger partial charge in [0.1, 0.15) is 0 Å². The molecular weight excluding hydrogens is 260 g/mol. The van der Waals surface area contributed by atoms with Crippen molar-refractivity contribution >= 4 is 16.7 Å². The van der Waals surface area contributed by atoms with E-state index in [9.17, 15) is 4.79 Å². The first-order chi connectivity index (χ1) is 10.2. The molecule has 1 aliphatic heterocycles. The molecule has 2 N–H and O–H groups in total. The maximum atomic E-state index is 12.5. The Balaban J connectivity index is 1.51. The summed E-state index contributed by atoms with van der Waals surface area (Å²) in [5, 5.41) is 2.52. The largest absolute Gasteiger partial charge is 0.341 e. The van der Waals surface area contributed by atoms with Crippen LogP contribution < -0.4 is 5.73 Å². The average Bonchev–Trinajstić information content (AvgIpc) is 3.20. The van der Waals surface area contributed by atoms with Gasteiger partial charge in [-0.15, -0.1) is 0 Å². The third-order valence-electron chi connectivity index (χ3n) is 4.85. The Hall–Kier alpha value is -1.87. The van der Waals surface area contributed by atoms with Crippen LogP contribution in [0.4, 0.5) is 0 Å². The van der Waals surface area contributed by atoms with E-state index in [1.54, 1.807) is 0 Å². The number of amides is 1. The lowest BCUT2D eigenvalue weighted by Gasteiger charge is -2.15. The summed E-state index contributed by atoms with van der Waals surface area (Å²) in [7, 11) is 0. The summed E-state index contributed by atoms with van der Waals surface area (Å²) in [5.41, 5.74) is 7.20. The van der Waals surface area contributed by atoms with Gasteiger partial charge in [0.15, 0.2) is 0 Å². The summed E-state index contributed by atoms with van der Waals surface area (Å²) < 4.78 is 0. The standard InChI is InChI=1S/C18H20N2O/c19-15-7-8-20(11-15)18(21)17-10-16(17)14-6-5-12-3-1-2-4-13(12)9-14/h1-6,9,15-17H,7-8,10-11,19H2/t15-,16?,17?/m1/s1. The quantitative estimate of drug-likeness (QED) is 0.918. The molecule has 3 atom stereocenters. The van der Waals surface area contributed by atoms with E-state index < -0.39 is 0 Å². The molecule has 4 rings (SSSR count). The van der Waals surface area contributed by atoms with Gasteiger partial charge in [-0.1, -0.05) is 42.5 Å². The van der Waals surface area contributed by atoms with E-state index in [4.69, 9.17) is 5.73 Å². The highest BCUT2D eigenvalue weighted by Crippen LogP contribution is 2.49. The molecule has 0 radical (unpaired) electrons. The van der Waals surface area contributed by atoms with Gasteiger partial charge in [0.2, 0.25) is 5.91 Å². The summed E-state index contributed by atoms with van der Waals surface area (Å²) in [4.78, 5) is 14.4. The predicted molar refractivity (Wildman–Crippen MR) is 84.0 cm³/mol. The van der Waals surface area contributed by atoms with Crippen LogP contribution in [-0.2, 0) is 4.79 Å². The molecule has 2 fully saturated rings. The Morgan fingerprint density at radius 1 is 1.14 bits per heavy atom. The van der Waals surface area contributed by atoms with Crippen molar-refractivity contribution < 1.29 is 4.79 Å². The average molecular weight is 280 g/mol. The van der Waals surface area contributed by atoms with E-state index in [1.165, 1.54) is 16.3 Å². The summed E-state index contributed by atoms with van der Waals surface area (Å²) in [6.07, 6.45) is 1.93. The zero-order chi connectivity index (χ0) is 14.4. The lowest BCUT2D eigenvalue weighted by atomic mass is 10.0. The van der Waals surface area contributed by atoms with Crippen molar-refractivity contribution in [3.8, 4) is 0 Å². The monoisotopic (exact) mass is 280 g/mol. The van der Waals surface area contributed by atoms with Gasteiger partial charge in [-0.3, -0.25) is 4.79 Å². The molecule has 2 aromatic rings. The number of nitrogens with zero attached hydrogens (tertiary/aromatic N) is 1. The van der Waals surface area contributed by atoms with Crippen LogP contribution in [0.1, 0.15) is 24.3 Å². The number of hydrogen-bond donors (Lipinski definition) is 1. The molecule has 0 bridgehead atoms. The van der Waals surface area contributed by atoms with Crippen molar-refractivity contribution in [2.75, 3.05) is 13.1 Å². The van der Waals surface area contributed by atoms with Crippen molar-refractivity contribution in [3.63, 3.8) is 0 Å². The highest BCUT2D eigenvalue weighted by atomic mass is 16.2. The molecule has 1 saturated heterocycles. The molecule has 2 aliphatic rings. The minimum atomic E-state index is 0.173. The zero-order valence-electron chi connectivity index (χ0n) is 12.0. The minimum Gasteiger partial charge on any atom is -0.341 e. The maximum Gasteiger partial charge on any atom is 0.226 e. The van der Waals surface area contributed by atoms with Crippen LogP contribution in [0.5, 0.6) is 0 Å². The van der Waals surface area contributed by atoms with Crippen LogP contribution in [0.25, 0.3) is 10.8 Å². The fraction of sp³-hybridized carbons (Fsp3) is 0.389. The van der Waals surface area contributed by atoms with Crippen LogP contribution >= 0.6 is 0 Å². The van der Waals surface area contributed by atoms with Gasteiger partial charge in [0, 0.05) is 25.0 Å². The summed E-state index contributed by atoms with van der Waals surface area (Å²) >= 11 is 0. The lowest BCUT2D eigenvalue weighted by molar-refractivity contribution is -0.131. The molecule has 1 amide bonds. The van der Waals surface area contributed by atoms with E-state index in [0.29, 0.717) is 11.8 Å². The normalized spacial score (nSPS) is 28.0. The number of hydrogen-bond acceptors (Lipinski definition) is 2. The Bertz CT molecular complexity index is 696.